The average molecular weight is 506 g/mol. The third-order valence-corrected chi connectivity index (χ3v) is 6.95. The second kappa shape index (κ2) is 12.9. The van der Waals surface area contributed by atoms with Gasteiger partial charge in [0, 0.05) is 32.6 Å². The van der Waals surface area contributed by atoms with Gasteiger partial charge in [0.15, 0.2) is 5.13 Å². The summed E-state index contributed by atoms with van der Waals surface area (Å²) in [7, 11) is 3.27. The predicted octanol–water partition coefficient (Wildman–Crippen LogP) is 4.42. The minimum atomic E-state index is 0. The molecule has 184 valence electrons. The highest BCUT2D eigenvalue weighted by molar-refractivity contribution is 7.22. The van der Waals surface area contributed by atoms with E-state index in [1.807, 2.05) is 35.2 Å². The second-order valence-electron chi connectivity index (χ2n) is 7.98. The molecular weight excluding hydrogens is 474 g/mol. The Hall–Kier alpha value is -2.39. The summed E-state index contributed by atoms with van der Waals surface area (Å²) >= 11 is 1.48. The maximum absolute atomic E-state index is 13.4. The summed E-state index contributed by atoms with van der Waals surface area (Å²) in [4.78, 5) is 22.4. The van der Waals surface area contributed by atoms with Crippen LogP contribution in [0.5, 0.6) is 11.5 Å². The Morgan fingerprint density at radius 3 is 2.50 bits per heavy atom. The Morgan fingerprint density at radius 2 is 1.79 bits per heavy atom. The fourth-order valence-corrected chi connectivity index (χ4v) is 5.14. The number of fused-ring (bicyclic) bond motifs is 1. The van der Waals surface area contributed by atoms with E-state index in [1.54, 1.807) is 14.2 Å². The third-order valence-electron chi connectivity index (χ3n) is 5.86. The number of hydrogen-bond donors (Lipinski definition) is 0. The standard InChI is InChI=1S/C25H31N3O4S.ClH/c1-30-20-10-11-21(31-2)24-23(20)26-25(33-24)28(14-6-13-27-15-17-32-18-16-27)22(29)12-9-19-7-4-3-5-8-19;/h3-5,7-8,10-11H,6,9,12-18H2,1-2H3;1H. The van der Waals surface area contributed by atoms with Gasteiger partial charge in [0.2, 0.25) is 5.91 Å². The Balaban J connectivity index is 0.00000324. The average Bonchev–Trinajstić information content (AvgIpc) is 3.31. The van der Waals surface area contributed by atoms with Crippen molar-refractivity contribution in [2.45, 2.75) is 19.3 Å². The van der Waals surface area contributed by atoms with Crippen LogP contribution in [0.3, 0.4) is 0 Å². The number of nitrogens with zero attached hydrogens (tertiary/aromatic N) is 3. The number of amides is 1. The lowest BCUT2D eigenvalue weighted by Gasteiger charge is -2.27. The molecule has 2 aromatic carbocycles. The molecule has 1 aliphatic heterocycles. The molecule has 4 rings (SSSR count). The van der Waals surface area contributed by atoms with E-state index in [1.165, 1.54) is 11.3 Å². The van der Waals surface area contributed by atoms with E-state index in [4.69, 9.17) is 19.2 Å². The van der Waals surface area contributed by atoms with E-state index in [9.17, 15) is 4.79 Å². The number of hydrogen-bond acceptors (Lipinski definition) is 7. The van der Waals surface area contributed by atoms with Gasteiger partial charge in [-0.3, -0.25) is 14.6 Å². The van der Waals surface area contributed by atoms with Crippen LogP contribution in [-0.4, -0.2) is 69.4 Å². The molecule has 0 atom stereocenters. The summed E-state index contributed by atoms with van der Waals surface area (Å²) in [5.41, 5.74) is 1.89. The zero-order chi connectivity index (χ0) is 23.0. The van der Waals surface area contributed by atoms with Crippen molar-refractivity contribution in [3.8, 4) is 11.5 Å². The van der Waals surface area contributed by atoms with Crippen molar-refractivity contribution in [2.75, 3.05) is 58.5 Å². The summed E-state index contributed by atoms with van der Waals surface area (Å²) in [5, 5.41) is 0.688. The fourth-order valence-electron chi connectivity index (χ4n) is 4.02. The number of carbonyl (C=O) groups excluding carboxylic acids is 1. The molecule has 1 aromatic heterocycles. The zero-order valence-corrected chi connectivity index (χ0v) is 21.3. The van der Waals surface area contributed by atoms with Gasteiger partial charge in [-0.15, -0.1) is 12.4 Å². The lowest BCUT2D eigenvalue weighted by molar-refractivity contribution is -0.118. The number of carbonyl (C=O) groups is 1. The van der Waals surface area contributed by atoms with E-state index in [0.717, 1.165) is 60.8 Å². The third kappa shape index (κ3) is 6.39. The van der Waals surface area contributed by atoms with Crippen molar-refractivity contribution in [1.82, 2.24) is 9.88 Å². The lowest BCUT2D eigenvalue weighted by atomic mass is 10.1. The Kier molecular flexibility index (Phi) is 9.95. The van der Waals surface area contributed by atoms with E-state index in [0.29, 0.717) is 30.3 Å². The number of ether oxygens (including phenoxy) is 3. The number of aryl methyl sites for hydroxylation is 1. The normalized spacial score (nSPS) is 13.9. The molecular formula is C25H32ClN3O4S. The first kappa shape index (κ1) is 26.2. The van der Waals surface area contributed by atoms with Crippen molar-refractivity contribution in [3.05, 3.63) is 48.0 Å². The molecule has 0 aliphatic carbocycles. The molecule has 0 N–H and O–H groups in total. The number of halogens is 1. The maximum Gasteiger partial charge on any atom is 0.229 e. The number of anilines is 1. The highest BCUT2D eigenvalue weighted by Crippen LogP contribution is 2.40. The van der Waals surface area contributed by atoms with Crippen LogP contribution in [0.2, 0.25) is 0 Å². The largest absolute Gasteiger partial charge is 0.495 e. The SMILES string of the molecule is COc1ccc(OC)c2sc(N(CCCN3CCOCC3)C(=O)CCc3ccccc3)nc12.Cl. The summed E-state index contributed by atoms with van der Waals surface area (Å²) < 4.78 is 17.4. The highest BCUT2D eigenvalue weighted by atomic mass is 35.5. The molecule has 0 bridgehead atoms. The summed E-state index contributed by atoms with van der Waals surface area (Å²) in [6, 6.07) is 13.9. The molecule has 1 aliphatic rings. The second-order valence-corrected chi connectivity index (χ2v) is 8.96. The van der Waals surface area contributed by atoms with Crippen LogP contribution in [0.1, 0.15) is 18.4 Å². The Morgan fingerprint density at radius 1 is 1.09 bits per heavy atom. The van der Waals surface area contributed by atoms with E-state index in [-0.39, 0.29) is 18.3 Å². The first-order valence-corrected chi connectivity index (χ1v) is 12.2. The van der Waals surface area contributed by atoms with Gasteiger partial charge >= 0.3 is 0 Å². The van der Waals surface area contributed by atoms with Crippen LogP contribution in [0.15, 0.2) is 42.5 Å². The van der Waals surface area contributed by atoms with Crippen LogP contribution in [0, 0.1) is 0 Å². The molecule has 0 saturated carbocycles. The number of rotatable bonds is 10. The van der Waals surface area contributed by atoms with Crippen molar-refractivity contribution >= 4 is 45.0 Å². The van der Waals surface area contributed by atoms with Crippen molar-refractivity contribution in [1.29, 1.82) is 0 Å². The molecule has 7 nitrogen and oxygen atoms in total. The first-order valence-electron chi connectivity index (χ1n) is 11.4. The fraction of sp³-hybridized carbons (Fsp3) is 0.440. The quantitative estimate of drug-likeness (QED) is 0.406. The topological polar surface area (TPSA) is 64.1 Å². The molecule has 0 radical (unpaired) electrons. The summed E-state index contributed by atoms with van der Waals surface area (Å²) in [6.07, 6.45) is 2.02. The van der Waals surface area contributed by atoms with Crippen LogP contribution in [-0.2, 0) is 16.0 Å². The molecule has 1 fully saturated rings. The first-order chi connectivity index (χ1) is 16.2. The molecule has 1 amide bonds. The van der Waals surface area contributed by atoms with Gasteiger partial charge in [0.05, 0.1) is 27.4 Å². The number of methoxy groups -OCH3 is 2. The number of aromatic nitrogens is 1. The molecule has 2 heterocycles. The molecule has 3 aromatic rings. The zero-order valence-electron chi connectivity index (χ0n) is 19.7. The number of morpholine rings is 1. The molecule has 1 saturated heterocycles. The van der Waals surface area contributed by atoms with Crippen LogP contribution in [0.4, 0.5) is 5.13 Å². The minimum Gasteiger partial charge on any atom is -0.495 e. The summed E-state index contributed by atoms with van der Waals surface area (Å²) in [5.74, 6) is 1.50. The van der Waals surface area contributed by atoms with Gasteiger partial charge in [-0.05, 0) is 30.5 Å². The minimum absolute atomic E-state index is 0. The van der Waals surface area contributed by atoms with Gasteiger partial charge in [-0.1, -0.05) is 41.7 Å². The van der Waals surface area contributed by atoms with Gasteiger partial charge in [0.1, 0.15) is 21.7 Å². The van der Waals surface area contributed by atoms with Crippen molar-refractivity contribution < 1.29 is 19.0 Å². The van der Waals surface area contributed by atoms with E-state index < -0.39 is 0 Å². The van der Waals surface area contributed by atoms with Gasteiger partial charge < -0.3 is 14.2 Å². The van der Waals surface area contributed by atoms with Crippen molar-refractivity contribution in [3.63, 3.8) is 0 Å². The van der Waals surface area contributed by atoms with Gasteiger partial charge in [0.25, 0.3) is 0 Å². The monoisotopic (exact) mass is 505 g/mol. The molecule has 34 heavy (non-hydrogen) atoms. The van der Waals surface area contributed by atoms with Gasteiger partial charge in [-0.25, -0.2) is 4.98 Å². The van der Waals surface area contributed by atoms with Gasteiger partial charge in [-0.2, -0.15) is 0 Å². The van der Waals surface area contributed by atoms with E-state index in [2.05, 4.69) is 17.0 Å². The Labute approximate surface area is 211 Å². The van der Waals surface area contributed by atoms with Crippen LogP contribution in [0.25, 0.3) is 10.2 Å². The maximum atomic E-state index is 13.4. The van der Waals surface area contributed by atoms with Crippen LogP contribution < -0.4 is 14.4 Å². The summed E-state index contributed by atoms with van der Waals surface area (Å²) in [6.45, 7) is 4.99. The molecule has 0 spiro atoms. The number of benzene rings is 2. The van der Waals surface area contributed by atoms with Crippen LogP contribution >= 0.6 is 23.7 Å². The highest BCUT2D eigenvalue weighted by Gasteiger charge is 2.23. The molecule has 0 unspecified atom stereocenters. The number of thiazole rings is 1. The smallest absolute Gasteiger partial charge is 0.229 e. The molecule has 9 heteroatoms. The predicted molar refractivity (Wildman–Crippen MR) is 139 cm³/mol. The van der Waals surface area contributed by atoms with E-state index >= 15 is 0 Å². The Bertz CT molecular complexity index is 1020. The van der Waals surface area contributed by atoms with Crippen molar-refractivity contribution in [2.24, 2.45) is 0 Å². The lowest BCUT2D eigenvalue weighted by Crippen LogP contribution is -2.39.